The van der Waals surface area contributed by atoms with Gasteiger partial charge in [0.1, 0.15) is 0 Å². The molecule has 1 amide bonds. The number of rotatable bonds is 2. The lowest BCUT2D eigenvalue weighted by Crippen LogP contribution is -2.43. The SMILES string of the molecule is COC(=O)[C@H]1CCCN(C(=O)C2CC2C)C1. The Hall–Kier alpha value is -1.06. The maximum absolute atomic E-state index is 12.0. The van der Waals surface area contributed by atoms with Gasteiger partial charge in [-0.2, -0.15) is 0 Å². The van der Waals surface area contributed by atoms with E-state index in [-0.39, 0.29) is 23.7 Å². The highest BCUT2D eigenvalue weighted by atomic mass is 16.5. The van der Waals surface area contributed by atoms with Crippen LogP contribution in [0.3, 0.4) is 0 Å². The molecule has 2 aliphatic rings. The quantitative estimate of drug-likeness (QED) is 0.660. The summed E-state index contributed by atoms with van der Waals surface area (Å²) in [5.74, 6) is 0.696. The van der Waals surface area contributed by atoms with Crippen molar-refractivity contribution in [3.63, 3.8) is 0 Å². The number of piperidine rings is 1. The van der Waals surface area contributed by atoms with Crippen molar-refractivity contribution in [3.05, 3.63) is 0 Å². The molecule has 16 heavy (non-hydrogen) atoms. The lowest BCUT2D eigenvalue weighted by molar-refractivity contribution is -0.149. The minimum Gasteiger partial charge on any atom is -0.469 e. The third kappa shape index (κ3) is 2.20. The molecule has 0 N–H and O–H groups in total. The highest BCUT2D eigenvalue weighted by Gasteiger charge is 2.42. The molecule has 0 aromatic heterocycles. The Morgan fingerprint density at radius 3 is 2.62 bits per heavy atom. The molecule has 2 unspecified atom stereocenters. The molecule has 90 valence electrons. The van der Waals surface area contributed by atoms with E-state index in [2.05, 4.69) is 6.92 Å². The van der Waals surface area contributed by atoms with Crippen molar-refractivity contribution in [2.45, 2.75) is 26.2 Å². The molecule has 0 bridgehead atoms. The van der Waals surface area contributed by atoms with Crippen LogP contribution in [0, 0.1) is 17.8 Å². The van der Waals surface area contributed by atoms with Gasteiger partial charge in [0.2, 0.25) is 5.91 Å². The first-order valence-electron chi connectivity index (χ1n) is 6.00. The molecule has 1 aliphatic heterocycles. The minimum absolute atomic E-state index is 0.114. The first-order valence-corrected chi connectivity index (χ1v) is 6.00. The normalized spacial score (nSPS) is 33.4. The van der Waals surface area contributed by atoms with Crippen molar-refractivity contribution in [1.82, 2.24) is 4.90 Å². The van der Waals surface area contributed by atoms with Crippen molar-refractivity contribution < 1.29 is 14.3 Å². The molecule has 1 saturated carbocycles. The molecule has 4 heteroatoms. The number of carbonyl (C=O) groups excluding carboxylic acids is 2. The molecule has 4 nitrogen and oxygen atoms in total. The Morgan fingerprint density at radius 1 is 1.38 bits per heavy atom. The second-order valence-electron chi connectivity index (χ2n) is 4.97. The van der Waals surface area contributed by atoms with E-state index in [1.54, 1.807) is 0 Å². The monoisotopic (exact) mass is 225 g/mol. The van der Waals surface area contributed by atoms with Gasteiger partial charge in [0.05, 0.1) is 13.0 Å². The van der Waals surface area contributed by atoms with Crippen LogP contribution in [0.15, 0.2) is 0 Å². The maximum Gasteiger partial charge on any atom is 0.310 e. The largest absolute Gasteiger partial charge is 0.469 e. The van der Waals surface area contributed by atoms with Gasteiger partial charge in [-0.15, -0.1) is 0 Å². The van der Waals surface area contributed by atoms with Gasteiger partial charge in [0.25, 0.3) is 0 Å². The van der Waals surface area contributed by atoms with Crippen molar-refractivity contribution in [1.29, 1.82) is 0 Å². The Kier molecular flexibility index (Phi) is 3.17. The van der Waals surface area contributed by atoms with E-state index >= 15 is 0 Å². The second kappa shape index (κ2) is 4.44. The van der Waals surface area contributed by atoms with Crippen LogP contribution in [0.1, 0.15) is 26.2 Å². The average molecular weight is 225 g/mol. The van der Waals surface area contributed by atoms with Crippen LogP contribution in [0.2, 0.25) is 0 Å². The van der Waals surface area contributed by atoms with E-state index in [0.29, 0.717) is 12.5 Å². The molecule has 3 atom stereocenters. The summed E-state index contributed by atoms with van der Waals surface area (Å²) < 4.78 is 4.74. The number of amides is 1. The van der Waals surface area contributed by atoms with Gasteiger partial charge < -0.3 is 9.64 Å². The van der Waals surface area contributed by atoms with Crippen molar-refractivity contribution in [2.75, 3.05) is 20.2 Å². The summed E-state index contributed by atoms with van der Waals surface area (Å²) in [5, 5.41) is 0. The Balaban J connectivity index is 1.91. The van der Waals surface area contributed by atoms with Gasteiger partial charge in [0, 0.05) is 19.0 Å². The lowest BCUT2D eigenvalue weighted by atomic mass is 9.98. The third-order valence-corrected chi connectivity index (χ3v) is 3.69. The summed E-state index contributed by atoms with van der Waals surface area (Å²) >= 11 is 0. The topological polar surface area (TPSA) is 46.6 Å². The van der Waals surface area contributed by atoms with E-state index in [4.69, 9.17) is 4.74 Å². The molecule has 1 heterocycles. The van der Waals surface area contributed by atoms with Crippen LogP contribution >= 0.6 is 0 Å². The lowest BCUT2D eigenvalue weighted by Gasteiger charge is -2.31. The zero-order chi connectivity index (χ0) is 11.7. The predicted octanol–water partition coefficient (Wildman–Crippen LogP) is 1.05. The van der Waals surface area contributed by atoms with Gasteiger partial charge in [0.15, 0.2) is 0 Å². The molecule has 2 fully saturated rings. The van der Waals surface area contributed by atoms with E-state index < -0.39 is 0 Å². The number of carbonyl (C=O) groups is 2. The number of nitrogens with zero attached hydrogens (tertiary/aromatic N) is 1. The molecule has 0 radical (unpaired) electrons. The molecule has 0 aromatic carbocycles. The molecular weight excluding hydrogens is 206 g/mol. The number of esters is 1. The van der Waals surface area contributed by atoms with E-state index in [0.717, 1.165) is 25.8 Å². The summed E-state index contributed by atoms with van der Waals surface area (Å²) in [5.41, 5.74) is 0. The average Bonchev–Trinajstić information content (AvgIpc) is 3.04. The summed E-state index contributed by atoms with van der Waals surface area (Å²) in [4.78, 5) is 25.3. The molecule has 0 spiro atoms. The number of hydrogen-bond donors (Lipinski definition) is 0. The van der Waals surface area contributed by atoms with Crippen LogP contribution in [-0.2, 0) is 14.3 Å². The second-order valence-corrected chi connectivity index (χ2v) is 4.97. The molecule has 2 rings (SSSR count). The number of methoxy groups -OCH3 is 1. The van der Waals surface area contributed by atoms with Gasteiger partial charge in [-0.25, -0.2) is 0 Å². The smallest absolute Gasteiger partial charge is 0.310 e. The summed E-state index contributed by atoms with van der Waals surface area (Å²) in [6.45, 7) is 3.45. The standard InChI is InChI=1S/C12H19NO3/c1-8-6-10(8)11(14)13-5-3-4-9(7-13)12(15)16-2/h8-10H,3-7H2,1-2H3/t8?,9-,10?/m0/s1. The highest BCUT2D eigenvalue weighted by molar-refractivity contribution is 5.82. The highest BCUT2D eigenvalue weighted by Crippen LogP contribution is 2.39. The predicted molar refractivity (Wildman–Crippen MR) is 58.6 cm³/mol. The van der Waals surface area contributed by atoms with Gasteiger partial charge in [-0.3, -0.25) is 9.59 Å². The number of ether oxygens (including phenoxy) is 1. The number of likely N-dealkylation sites (tertiary alicyclic amines) is 1. The third-order valence-electron chi connectivity index (χ3n) is 3.69. The van der Waals surface area contributed by atoms with Crippen LogP contribution in [0.25, 0.3) is 0 Å². The fourth-order valence-corrected chi connectivity index (χ4v) is 2.44. The van der Waals surface area contributed by atoms with Crippen LogP contribution in [0.4, 0.5) is 0 Å². The number of hydrogen-bond acceptors (Lipinski definition) is 3. The zero-order valence-corrected chi connectivity index (χ0v) is 9.94. The summed E-state index contributed by atoms with van der Waals surface area (Å²) in [6.07, 6.45) is 2.77. The van der Waals surface area contributed by atoms with E-state index in [1.165, 1.54) is 7.11 Å². The minimum atomic E-state index is -0.179. The van der Waals surface area contributed by atoms with Gasteiger partial charge >= 0.3 is 5.97 Å². The Bertz CT molecular complexity index is 303. The summed E-state index contributed by atoms with van der Waals surface area (Å²) in [6, 6.07) is 0. The van der Waals surface area contributed by atoms with Crippen molar-refractivity contribution in [2.24, 2.45) is 17.8 Å². The zero-order valence-electron chi connectivity index (χ0n) is 9.94. The van der Waals surface area contributed by atoms with E-state index in [9.17, 15) is 9.59 Å². The molecule has 1 saturated heterocycles. The Morgan fingerprint density at radius 2 is 2.06 bits per heavy atom. The fraction of sp³-hybridized carbons (Fsp3) is 0.833. The molecular formula is C12H19NO3. The first-order chi connectivity index (χ1) is 7.63. The Labute approximate surface area is 95.9 Å². The molecule has 0 aromatic rings. The van der Waals surface area contributed by atoms with Crippen LogP contribution in [0.5, 0.6) is 0 Å². The summed E-state index contributed by atoms with van der Waals surface area (Å²) in [7, 11) is 1.41. The van der Waals surface area contributed by atoms with Crippen molar-refractivity contribution >= 4 is 11.9 Å². The van der Waals surface area contributed by atoms with Crippen LogP contribution in [-0.4, -0.2) is 37.0 Å². The first kappa shape index (κ1) is 11.4. The fourth-order valence-electron chi connectivity index (χ4n) is 2.44. The van der Waals surface area contributed by atoms with Crippen molar-refractivity contribution in [3.8, 4) is 0 Å². The van der Waals surface area contributed by atoms with Crippen LogP contribution < -0.4 is 0 Å². The van der Waals surface area contributed by atoms with E-state index in [1.807, 2.05) is 4.90 Å². The van der Waals surface area contributed by atoms with Gasteiger partial charge in [-0.1, -0.05) is 6.92 Å². The molecule has 1 aliphatic carbocycles. The van der Waals surface area contributed by atoms with Gasteiger partial charge in [-0.05, 0) is 25.2 Å². The maximum atomic E-state index is 12.0.